The van der Waals surface area contributed by atoms with Crippen molar-refractivity contribution in [1.29, 1.82) is 0 Å². The van der Waals surface area contributed by atoms with E-state index < -0.39 is 0 Å². The molecule has 1 N–H and O–H groups in total. The summed E-state index contributed by atoms with van der Waals surface area (Å²) in [6.45, 7) is 5.40. The molecule has 3 aromatic rings. The molecular weight excluding hydrogens is 342 g/mol. The van der Waals surface area contributed by atoms with Crippen LogP contribution in [0.5, 0.6) is 5.88 Å². The molecule has 3 heterocycles. The first kappa shape index (κ1) is 17.5. The third kappa shape index (κ3) is 3.78. The molecule has 1 saturated heterocycles. The number of hydrogen-bond acceptors (Lipinski definition) is 7. The van der Waals surface area contributed by atoms with Crippen molar-refractivity contribution >= 4 is 22.4 Å². The quantitative estimate of drug-likeness (QED) is 0.745. The predicted molar refractivity (Wildman–Crippen MR) is 105 cm³/mol. The first-order valence-corrected chi connectivity index (χ1v) is 9.08. The van der Waals surface area contributed by atoms with Gasteiger partial charge in [-0.2, -0.15) is 0 Å². The van der Waals surface area contributed by atoms with Gasteiger partial charge in [-0.1, -0.05) is 6.07 Å². The van der Waals surface area contributed by atoms with Crippen molar-refractivity contribution in [3.05, 3.63) is 48.4 Å². The van der Waals surface area contributed by atoms with E-state index in [-0.39, 0.29) is 6.04 Å². The molecule has 4 rings (SSSR count). The smallest absolute Gasteiger partial charge is 0.212 e. The van der Waals surface area contributed by atoms with Gasteiger partial charge in [-0.05, 0) is 30.7 Å². The lowest BCUT2D eigenvalue weighted by atomic mass is 10.1. The van der Waals surface area contributed by atoms with E-state index in [0.29, 0.717) is 5.88 Å². The van der Waals surface area contributed by atoms with Gasteiger partial charge in [0.25, 0.3) is 0 Å². The molecule has 1 fully saturated rings. The highest BCUT2D eigenvalue weighted by molar-refractivity contribution is 5.91. The van der Waals surface area contributed by atoms with E-state index >= 15 is 0 Å². The average molecular weight is 365 g/mol. The van der Waals surface area contributed by atoms with Crippen LogP contribution in [0.2, 0.25) is 0 Å². The van der Waals surface area contributed by atoms with Gasteiger partial charge in [-0.25, -0.2) is 15.0 Å². The second-order valence-corrected chi connectivity index (χ2v) is 6.52. The molecule has 0 saturated carbocycles. The molecule has 1 aliphatic heterocycles. The third-order valence-electron chi connectivity index (χ3n) is 4.82. The summed E-state index contributed by atoms with van der Waals surface area (Å²) in [6.07, 6.45) is 3.41. The zero-order chi connectivity index (χ0) is 18.6. The Balaban J connectivity index is 1.61. The topological polar surface area (TPSA) is 72.4 Å². The highest BCUT2D eigenvalue weighted by Crippen LogP contribution is 2.28. The van der Waals surface area contributed by atoms with Crippen LogP contribution in [0.15, 0.2) is 42.9 Å². The molecule has 0 bridgehead atoms. The summed E-state index contributed by atoms with van der Waals surface area (Å²) < 4.78 is 10.6. The van der Waals surface area contributed by atoms with Crippen molar-refractivity contribution in [2.75, 3.05) is 43.6 Å². The Morgan fingerprint density at radius 2 is 1.96 bits per heavy atom. The van der Waals surface area contributed by atoms with E-state index in [1.165, 1.54) is 5.69 Å². The zero-order valence-corrected chi connectivity index (χ0v) is 15.6. The second-order valence-electron chi connectivity index (χ2n) is 6.52. The van der Waals surface area contributed by atoms with Crippen LogP contribution in [-0.2, 0) is 4.74 Å². The maximum atomic E-state index is 5.46. The lowest BCUT2D eigenvalue weighted by Crippen LogP contribution is -2.36. The molecule has 2 aromatic heterocycles. The molecule has 7 nitrogen and oxygen atoms in total. The van der Waals surface area contributed by atoms with Crippen LogP contribution in [0.1, 0.15) is 18.5 Å². The Hall–Kier alpha value is -2.93. The molecular formula is C20H23N5O2. The van der Waals surface area contributed by atoms with Gasteiger partial charge in [-0.15, -0.1) is 0 Å². The molecule has 0 radical (unpaired) electrons. The number of rotatable bonds is 5. The zero-order valence-electron chi connectivity index (χ0n) is 15.6. The number of anilines is 2. The maximum Gasteiger partial charge on any atom is 0.212 e. The number of ether oxygens (including phenoxy) is 2. The Bertz CT molecular complexity index is 910. The molecule has 1 unspecified atom stereocenters. The monoisotopic (exact) mass is 365 g/mol. The molecule has 0 aliphatic carbocycles. The van der Waals surface area contributed by atoms with Gasteiger partial charge in [0.1, 0.15) is 12.1 Å². The number of nitrogens with zero attached hydrogens (tertiary/aromatic N) is 4. The fourth-order valence-electron chi connectivity index (χ4n) is 3.23. The molecule has 0 spiro atoms. The Labute approximate surface area is 158 Å². The molecule has 0 amide bonds. The standard InChI is InChI=1S/C20H23N5O2/c1-14(15-3-6-19(26-2)21-12-15)24-20-17-11-16(25-7-9-27-10-8-25)4-5-18(17)22-13-23-20/h3-6,11-14H,7-10H2,1-2H3,(H,22,23,24). The minimum atomic E-state index is 0.0496. The summed E-state index contributed by atoms with van der Waals surface area (Å²) in [5.74, 6) is 1.42. The highest BCUT2D eigenvalue weighted by atomic mass is 16.5. The van der Waals surface area contributed by atoms with Crippen LogP contribution in [0.3, 0.4) is 0 Å². The number of pyridine rings is 1. The van der Waals surface area contributed by atoms with Gasteiger partial charge in [0.05, 0.1) is 31.9 Å². The van der Waals surface area contributed by atoms with Crippen LogP contribution in [0.4, 0.5) is 11.5 Å². The SMILES string of the molecule is COc1ccc(C(C)Nc2ncnc3ccc(N4CCOCC4)cc23)cn1. The lowest BCUT2D eigenvalue weighted by Gasteiger charge is -2.29. The number of aromatic nitrogens is 3. The Morgan fingerprint density at radius 3 is 2.70 bits per heavy atom. The summed E-state index contributed by atoms with van der Waals surface area (Å²) in [4.78, 5) is 15.5. The van der Waals surface area contributed by atoms with E-state index in [0.717, 1.165) is 48.6 Å². The summed E-state index contributed by atoms with van der Waals surface area (Å²) in [5.41, 5.74) is 3.15. The number of morpholine rings is 1. The fraction of sp³-hybridized carbons (Fsp3) is 0.350. The number of methoxy groups -OCH3 is 1. The largest absolute Gasteiger partial charge is 0.481 e. The minimum absolute atomic E-state index is 0.0496. The van der Waals surface area contributed by atoms with Crippen molar-refractivity contribution in [3.8, 4) is 5.88 Å². The Kier molecular flexibility index (Phi) is 5.02. The Morgan fingerprint density at radius 1 is 1.11 bits per heavy atom. The van der Waals surface area contributed by atoms with Crippen molar-refractivity contribution in [1.82, 2.24) is 15.0 Å². The molecule has 140 valence electrons. The molecule has 7 heteroatoms. The first-order valence-electron chi connectivity index (χ1n) is 9.08. The number of hydrogen-bond donors (Lipinski definition) is 1. The van der Waals surface area contributed by atoms with E-state index in [4.69, 9.17) is 9.47 Å². The van der Waals surface area contributed by atoms with E-state index in [2.05, 4.69) is 44.2 Å². The van der Waals surface area contributed by atoms with Gasteiger partial charge < -0.3 is 19.7 Å². The van der Waals surface area contributed by atoms with Gasteiger partial charge >= 0.3 is 0 Å². The highest BCUT2D eigenvalue weighted by Gasteiger charge is 2.14. The van der Waals surface area contributed by atoms with Gasteiger partial charge in [-0.3, -0.25) is 0 Å². The fourth-order valence-corrected chi connectivity index (χ4v) is 3.23. The maximum absolute atomic E-state index is 5.46. The molecule has 27 heavy (non-hydrogen) atoms. The average Bonchev–Trinajstić information content (AvgIpc) is 2.74. The molecule has 1 aliphatic rings. The van der Waals surface area contributed by atoms with E-state index in [9.17, 15) is 0 Å². The summed E-state index contributed by atoms with van der Waals surface area (Å²) in [7, 11) is 1.61. The van der Waals surface area contributed by atoms with E-state index in [1.54, 1.807) is 13.4 Å². The first-order chi connectivity index (χ1) is 13.2. The van der Waals surface area contributed by atoms with Crippen molar-refractivity contribution in [3.63, 3.8) is 0 Å². The lowest BCUT2D eigenvalue weighted by molar-refractivity contribution is 0.122. The third-order valence-corrected chi connectivity index (χ3v) is 4.82. The number of fused-ring (bicyclic) bond motifs is 1. The van der Waals surface area contributed by atoms with Gasteiger partial charge in [0.2, 0.25) is 5.88 Å². The second kappa shape index (κ2) is 7.75. The predicted octanol–water partition coefficient (Wildman–Crippen LogP) is 3.04. The van der Waals surface area contributed by atoms with Crippen LogP contribution in [0, 0.1) is 0 Å². The van der Waals surface area contributed by atoms with E-state index in [1.807, 2.05) is 24.4 Å². The van der Waals surface area contributed by atoms with Crippen molar-refractivity contribution < 1.29 is 9.47 Å². The van der Waals surface area contributed by atoms with Crippen molar-refractivity contribution in [2.45, 2.75) is 13.0 Å². The molecule has 1 atom stereocenters. The number of nitrogens with one attached hydrogen (secondary N) is 1. The minimum Gasteiger partial charge on any atom is -0.481 e. The van der Waals surface area contributed by atoms with Gasteiger partial charge in [0.15, 0.2) is 0 Å². The van der Waals surface area contributed by atoms with Gasteiger partial charge in [0, 0.05) is 36.4 Å². The summed E-state index contributed by atoms with van der Waals surface area (Å²) in [5, 5.41) is 4.50. The van der Waals surface area contributed by atoms with Crippen molar-refractivity contribution in [2.24, 2.45) is 0 Å². The molecule has 1 aromatic carbocycles. The summed E-state index contributed by atoms with van der Waals surface area (Å²) >= 11 is 0. The normalized spacial score (nSPS) is 15.6. The van der Waals surface area contributed by atoms with Crippen LogP contribution in [-0.4, -0.2) is 48.4 Å². The van der Waals surface area contributed by atoms with Crippen LogP contribution >= 0.6 is 0 Å². The van der Waals surface area contributed by atoms with Crippen LogP contribution < -0.4 is 15.0 Å². The summed E-state index contributed by atoms with van der Waals surface area (Å²) in [6, 6.07) is 10.2. The van der Waals surface area contributed by atoms with Crippen LogP contribution in [0.25, 0.3) is 10.9 Å². The number of benzene rings is 1.